The van der Waals surface area contributed by atoms with Gasteiger partial charge in [-0.1, -0.05) is 43.3 Å². The Morgan fingerprint density at radius 3 is 2.41 bits per heavy atom. The van der Waals surface area contributed by atoms with Crippen LogP contribution in [0.1, 0.15) is 25.8 Å². The van der Waals surface area contributed by atoms with Crippen LogP contribution in [-0.4, -0.2) is 13.1 Å². The summed E-state index contributed by atoms with van der Waals surface area (Å²) in [6.45, 7) is 4.06. The minimum Gasteiger partial charge on any atom is -0.466 e. The fourth-order valence-electron chi connectivity index (χ4n) is 1.52. The summed E-state index contributed by atoms with van der Waals surface area (Å²) >= 11 is 0. The molecule has 90 valence electrons. The molecule has 0 unspecified atom stereocenters. The van der Waals surface area contributed by atoms with Gasteiger partial charge in [-0.2, -0.15) is 0 Å². The van der Waals surface area contributed by atoms with E-state index in [1.54, 1.807) is 0 Å². The quantitative estimate of drug-likeness (QED) is 0.449. The Balaban J connectivity index is 2.93. The third kappa shape index (κ3) is 4.27. The van der Waals surface area contributed by atoms with Gasteiger partial charge in [-0.3, -0.25) is 0 Å². The molecule has 0 aromatic heterocycles. The van der Waals surface area contributed by atoms with Gasteiger partial charge in [-0.15, -0.1) is 0 Å². The minimum atomic E-state index is -0.307. The maximum absolute atomic E-state index is 11.2. The van der Waals surface area contributed by atoms with Crippen LogP contribution in [0.4, 0.5) is 0 Å². The topological polar surface area (TPSA) is 26.3 Å². The lowest BCUT2D eigenvalue weighted by Crippen LogP contribution is -1.96. The summed E-state index contributed by atoms with van der Waals surface area (Å²) in [5.74, 6) is -0.307. The van der Waals surface area contributed by atoms with E-state index in [1.807, 2.05) is 38.1 Å². The van der Waals surface area contributed by atoms with Crippen molar-refractivity contribution in [3.63, 3.8) is 0 Å². The highest BCUT2D eigenvalue weighted by Crippen LogP contribution is 2.16. The fraction of sp³-hybridized carbons (Fsp3) is 0.267. The molecule has 0 aliphatic heterocycles. The summed E-state index contributed by atoms with van der Waals surface area (Å²) in [4.78, 5) is 11.2. The second-order valence-corrected chi connectivity index (χ2v) is 3.79. The van der Waals surface area contributed by atoms with Crippen LogP contribution in [0, 0.1) is 0 Å². The van der Waals surface area contributed by atoms with E-state index in [0.717, 1.165) is 23.1 Å². The van der Waals surface area contributed by atoms with Crippen molar-refractivity contribution < 1.29 is 9.53 Å². The van der Waals surface area contributed by atoms with Gasteiger partial charge in [0.1, 0.15) is 0 Å². The first-order chi connectivity index (χ1) is 8.17. The van der Waals surface area contributed by atoms with Crippen LogP contribution in [-0.2, 0) is 9.53 Å². The Morgan fingerprint density at radius 2 is 1.88 bits per heavy atom. The van der Waals surface area contributed by atoms with Crippen molar-refractivity contribution in [1.29, 1.82) is 0 Å². The molecule has 0 aliphatic carbocycles. The van der Waals surface area contributed by atoms with Crippen LogP contribution >= 0.6 is 0 Å². The molecule has 17 heavy (non-hydrogen) atoms. The molecule has 2 heteroatoms. The summed E-state index contributed by atoms with van der Waals surface area (Å²) in [6.07, 6.45) is 4.36. The molecule has 1 rings (SSSR count). The molecule has 2 nitrogen and oxygen atoms in total. The molecule has 0 bridgehead atoms. The Bertz CT molecular complexity index is 427. The van der Waals surface area contributed by atoms with Crippen molar-refractivity contribution in [1.82, 2.24) is 0 Å². The molecule has 0 atom stereocenters. The first-order valence-electron chi connectivity index (χ1n) is 5.69. The van der Waals surface area contributed by atoms with Crippen LogP contribution in [0.15, 0.2) is 48.1 Å². The molecule has 0 radical (unpaired) electrons. The summed E-state index contributed by atoms with van der Waals surface area (Å²) in [5, 5.41) is 0. The van der Waals surface area contributed by atoms with Gasteiger partial charge >= 0.3 is 5.97 Å². The molecule has 0 spiro atoms. The zero-order valence-electron chi connectivity index (χ0n) is 10.6. The summed E-state index contributed by atoms with van der Waals surface area (Å²) < 4.78 is 4.63. The van der Waals surface area contributed by atoms with Gasteiger partial charge in [0, 0.05) is 6.08 Å². The van der Waals surface area contributed by atoms with Gasteiger partial charge in [-0.25, -0.2) is 4.79 Å². The highest BCUT2D eigenvalue weighted by Gasteiger charge is 1.99. The van der Waals surface area contributed by atoms with Crippen molar-refractivity contribution in [2.75, 3.05) is 7.11 Å². The average Bonchev–Trinajstić information content (AvgIpc) is 2.38. The van der Waals surface area contributed by atoms with E-state index in [-0.39, 0.29) is 5.97 Å². The van der Waals surface area contributed by atoms with Crippen molar-refractivity contribution in [2.24, 2.45) is 0 Å². The molecular formula is C15H18O2. The smallest absolute Gasteiger partial charge is 0.330 e. The zero-order chi connectivity index (χ0) is 12.7. The number of allylic oxidation sites excluding steroid dienone is 3. The van der Waals surface area contributed by atoms with E-state index in [9.17, 15) is 4.79 Å². The number of carbonyl (C=O) groups is 1. The monoisotopic (exact) mass is 230 g/mol. The van der Waals surface area contributed by atoms with Gasteiger partial charge in [0.05, 0.1) is 7.11 Å². The number of benzene rings is 1. The fourth-order valence-corrected chi connectivity index (χ4v) is 1.52. The Hall–Kier alpha value is -1.83. The van der Waals surface area contributed by atoms with Crippen LogP contribution in [0.2, 0.25) is 0 Å². The molecule has 0 fully saturated rings. The van der Waals surface area contributed by atoms with E-state index in [1.165, 1.54) is 13.2 Å². The lowest BCUT2D eigenvalue weighted by atomic mass is 10.0. The van der Waals surface area contributed by atoms with Crippen molar-refractivity contribution in [3.05, 3.63) is 53.6 Å². The maximum Gasteiger partial charge on any atom is 0.330 e. The summed E-state index contributed by atoms with van der Waals surface area (Å²) in [5.41, 5.74) is 3.28. The molecule has 1 aromatic rings. The molecule has 0 amide bonds. The van der Waals surface area contributed by atoms with Crippen LogP contribution in [0.3, 0.4) is 0 Å². The third-order valence-electron chi connectivity index (χ3n) is 2.54. The molecule has 0 heterocycles. The highest BCUT2D eigenvalue weighted by atomic mass is 16.5. The van der Waals surface area contributed by atoms with E-state index in [0.29, 0.717) is 0 Å². The van der Waals surface area contributed by atoms with Gasteiger partial charge < -0.3 is 4.74 Å². The Kier molecular flexibility index (Phi) is 5.21. The van der Waals surface area contributed by atoms with Gasteiger partial charge in [0.2, 0.25) is 0 Å². The molecule has 0 saturated heterocycles. The average molecular weight is 230 g/mol. The van der Waals surface area contributed by atoms with Gasteiger partial charge in [0.15, 0.2) is 0 Å². The predicted molar refractivity (Wildman–Crippen MR) is 70.5 cm³/mol. The molecular weight excluding hydrogens is 212 g/mol. The van der Waals surface area contributed by atoms with Crippen molar-refractivity contribution >= 4 is 11.5 Å². The largest absolute Gasteiger partial charge is 0.466 e. The third-order valence-corrected chi connectivity index (χ3v) is 2.54. The van der Waals surface area contributed by atoms with E-state index >= 15 is 0 Å². The summed E-state index contributed by atoms with van der Waals surface area (Å²) in [7, 11) is 1.39. The lowest BCUT2D eigenvalue weighted by Gasteiger charge is -2.03. The van der Waals surface area contributed by atoms with Crippen molar-refractivity contribution in [3.8, 4) is 0 Å². The number of hydrogen-bond donors (Lipinski definition) is 0. The number of hydrogen-bond acceptors (Lipinski definition) is 2. The predicted octanol–water partition coefficient (Wildman–Crippen LogP) is 3.60. The molecule has 0 aliphatic rings. The standard InChI is InChI=1S/C15H18O2/c1-4-13(11-15(16)17-3)10-12(2)14-8-6-5-7-9-14/h5-11H,4H2,1-3H3/b12-10+,13-11+. The number of carbonyl (C=O) groups excluding carboxylic acids is 1. The number of rotatable bonds is 4. The normalized spacial score (nSPS) is 12.4. The van der Waals surface area contributed by atoms with Crippen LogP contribution in [0.25, 0.3) is 5.57 Å². The maximum atomic E-state index is 11.2. The lowest BCUT2D eigenvalue weighted by molar-refractivity contribution is -0.134. The molecule has 1 aromatic carbocycles. The van der Waals surface area contributed by atoms with Crippen LogP contribution in [0.5, 0.6) is 0 Å². The Morgan fingerprint density at radius 1 is 1.24 bits per heavy atom. The second-order valence-electron chi connectivity index (χ2n) is 3.79. The van der Waals surface area contributed by atoms with Gasteiger partial charge in [0.25, 0.3) is 0 Å². The Labute approximate surface area is 103 Å². The number of ether oxygens (including phenoxy) is 1. The summed E-state index contributed by atoms with van der Waals surface area (Å²) in [6, 6.07) is 10.1. The first-order valence-corrected chi connectivity index (χ1v) is 5.69. The SMILES string of the molecule is CCC(=C\C(=O)OC)/C=C(\C)c1ccccc1. The minimum absolute atomic E-state index is 0.307. The van der Waals surface area contributed by atoms with Crippen LogP contribution < -0.4 is 0 Å². The van der Waals surface area contributed by atoms with E-state index in [4.69, 9.17) is 0 Å². The van der Waals surface area contributed by atoms with Gasteiger partial charge in [-0.05, 0) is 30.1 Å². The highest BCUT2D eigenvalue weighted by molar-refractivity contribution is 5.84. The van der Waals surface area contributed by atoms with E-state index in [2.05, 4.69) is 16.9 Å². The molecule has 0 saturated carbocycles. The number of esters is 1. The zero-order valence-corrected chi connectivity index (χ0v) is 10.6. The first kappa shape index (κ1) is 13.2. The second kappa shape index (κ2) is 6.69. The van der Waals surface area contributed by atoms with E-state index < -0.39 is 0 Å². The number of methoxy groups -OCH3 is 1. The molecule has 0 N–H and O–H groups in total. The van der Waals surface area contributed by atoms with Crippen molar-refractivity contribution in [2.45, 2.75) is 20.3 Å².